The second-order valence-corrected chi connectivity index (χ2v) is 4.92. The lowest BCUT2D eigenvalue weighted by atomic mass is 10.1. The molecule has 0 bridgehead atoms. The predicted molar refractivity (Wildman–Crippen MR) is 94.8 cm³/mol. The highest BCUT2D eigenvalue weighted by Gasteiger charge is 2.26. The zero-order valence-corrected chi connectivity index (χ0v) is 15.4. The monoisotopic (exact) mass is 429 g/mol. The molecule has 0 fully saturated rings. The minimum atomic E-state index is -4.15. The van der Waals surface area contributed by atoms with Crippen molar-refractivity contribution >= 4 is 29.9 Å². The molecule has 0 amide bonds. The number of aliphatic imine (C=N–C) groups is 1. The molecule has 0 heterocycles. The van der Waals surface area contributed by atoms with Crippen LogP contribution >= 0.6 is 24.0 Å². The number of hydrogen-bond donors (Lipinski definition) is 2. The molecule has 1 aromatic carbocycles. The molecule has 0 saturated heterocycles. The van der Waals surface area contributed by atoms with Gasteiger partial charge < -0.3 is 10.6 Å². The van der Waals surface area contributed by atoms with Gasteiger partial charge >= 0.3 is 6.18 Å². The highest BCUT2D eigenvalue weighted by atomic mass is 127. The molecule has 1 rings (SSSR count). The first kappa shape index (κ1) is 21.0. The van der Waals surface area contributed by atoms with E-state index in [-0.39, 0.29) is 30.5 Å². The Bertz CT molecular complexity index is 487. The van der Waals surface area contributed by atoms with Gasteiger partial charge in [0.2, 0.25) is 0 Å². The first-order valence-corrected chi connectivity index (χ1v) is 6.97. The molecule has 0 aliphatic carbocycles. The molecule has 0 spiro atoms. The van der Waals surface area contributed by atoms with E-state index in [0.717, 1.165) is 11.1 Å². The van der Waals surface area contributed by atoms with Crippen molar-refractivity contribution in [3.05, 3.63) is 34.9 Å². The van der Waals surface area contributed by atoms with Crippen LogP contribution in [0.5, 0.6) is 0 Å². The normalized spacial score (nSPS) is 11.8. The van der Waals surface area contributed by atoms with Crippen molar-refractivity contribution in [2.45, 2.75) is 39.9 Å². The molecule has 2 N–H and O–H groups in total. The van der Waals surface area contributed by atoms with E-state index in [4.69, 9.17) is 0 Å². The second-order valence-electron chi connectivity index (χ2n) is 4.92. The van der Waals surface area contributed by atoms with Gasteiger partial charge in [-0.2, -0.15) is 13.2 Å². The van der Waals surface area contributed by atoms with Crippen LogP contribution in [-0.4, -0.2) is 25.2 Å². The summed E-state index contributed by atoms with van der Waals surface area (Å²) in [6.45, 7) is 6.75. The third kappa shape index (κ3) is 8.45. The van der Waals surface area contributed by atoms with Gasteiger partial charge in [0.1, 0.15) is 0 Å². The SMILES string of the molecule is CCNC(=NCc1ccc(C)cc1C)NCCC(F)(F)F.I. The molecule has 0 saturated carbocycles. The molecule has 22 heavy (non-hydrogen) atoms. The Balaban J connectivity index is 0.00000441. The number of alkyl halides is 3. The summed E-state index contributed by atoms with van der Waals surface area (Å²) < 4.78 is 36.4. The Morgan fingerprint density at radius 2 is 1.86 bits per heavy atom. The summed E-state index contributed by atoms with van der Waals surface area (Å²) in [6, 6.07) is 6.06. The van der Waals surface area contributed by atoms with Crippen LogP contribution in [0.25, 0.3) is 0 Å². The summed E-state index contributed by atoms with van der Waals surface area (Å²) >= 11 is 0. The van der Waals surface area contributed by atoms with Crippen LogP contribution < -0.4 is 10.6 Å². The lowest BCUT2D eigenvalue weighted by molar-refractivity contribution is -0.132. The van der Waals surface area contributed by atoms with Crippen LogP contribution in [0.3, 0.4) is 0 Å². The van der Waals surface area contributed by atoms with Crippen LogP contribution in [0.15, 0.2) is 23.2 Å². The molecule has 0 aliphatic heterocycles. The second kappa shape index (κ2) is 9.91. The molecule has 0 radical (unpaired) electrons. The van der Waals surface area contributed by atoms with E-state index in [0.29, 0.717) is 19.0 Å². The first-order chi connectivity index (χ1) is 9.81. The lowest BCUT2D eigenvalue weighted by Crippen LogP contribution is -2.38. The molecule has 3 nitrogen and oxygen atoms in total. The van der Waals surface area contributed by atoms with Gasteiger partial charge in [0.25, 0.3) is 0 Å². The standard InChI is InChI=1S/C15H22F3N3.HI/c1-4-19-14(20-8-7-15(16,17)18)21-10-13-6-5-11(2)9-12(13)3;/h5-6,9H,4,7-8,10H2,1-3H3,(H2,19,20,21);1H. The summed E-state index contributed by atoms with van der Waals surface area (Å²) in [5.74, 6) is 0.404. The van der Waals surface area contributed by atoms with Gasteiger partial charge in [-0.15, -0.1) is 24.0 Å². The summed E-state index contributed by atoms with van der Waals surface area (Å²) in [5, 5.41) is 5.64. The van der Waals surface area contributed by atoms with E-state index in [2.05, 4.69) is 21.7 Å². The zero-order valence-electron chi connectivity index (χ0n) is 13.0. The predicted octanol–water partition coefficient (Wildman–Crippen LogP) is 3.93. The number of hydrogen-bond acceptors (Lipinski definition) is 1. The van der Waals surface area contributed by atoms with E-state index < -0.39 is 12.6 Å². The highest BCUT2D eigenvalue weighted by molar-refractivity contribution is 14.0. The van der Waals surface area contributed by atoms with Crippen molar-refractivity contribution in [3.8, 4) is 0 Å². The number of benzene rings is 1. The summed E-state index contributed by atoms with van der Waals surface area (Å²) in [5.41, 5.74) is 3.37. The van der Waals surface area contributed by atoms with Crippen molar-refractivity contribution in [1.82, 2.24) is 10.6 Å². The minimum Gasteiger partial charge on any atom is -0.357 e. The van der Waals surface area contributed by atoms with Gasteiger partial charge in [-0.25, -0.2) is 4.99 Å². The molecule has 1 aromatic rings. The fourth-order valence-corrected chi connectivity index (χ4v) is 1.85. The van der Waals surface area contributed by atoms with E-state index in [1.54, 1.807) is 0 Å². The summed E-state index contributed by atoms with van der Waals surface area (Å²) in [7, 11) is 0. The Kier molecular flexibility index (Phi) is 9.47. The topological polar surface area (TPSA) is 36.4 Å². The molecule has 0 atom stereocenters. The van der Waals surface area contributed by atoms with Crippen molar-refractivity contribution in [3.63, 3.8) is 0 Å². The minimum absolute atomic E-state index is 0. The van der Waals surface area contributed by atoms with Crippen molar-refractivity contribution in [1.29, 1.82) is 0 Å². The third-order valence-corrected chi connectivity index (χ3v) is 2.95. The average Bonchev–Trinajstić information content (AvgIpc) is 2.36. The van der Waals surface area contributed by atoms with E-state index >= 15 is 0 Å². The van der Waals surface area contributed by atoms with Crippen molar-refractivity contribution in [2.24, 2.45) is 4.99 Å². The zero-order chi connectivity index (χ0) is 15.9. The fraction of sp³-hybridized carbons (Fsp3) is 0.533. The van der Waals surface area contributed by atoms with E-state index in [1.165, 1.54) is 5.56 Å². The van der Waals surface area contributed by atoms with Gasteiger partial charge in [-0.3, -0.25) is 0 Å². The molecule has 7 heteroatoms. The largest absolute Gasteiger partial charge is 0.390 e. The number of nitrogens with one attached hydrogen (secondary N) is 2. The summed E-state index contributed by atoms with van der Waals surface area (Å²) in [4.78, 5) is 4.32. The third-order valence-electron chi connectivity index (χ3n) is 2.95. The van der Waals surface area contributed by atoms with Gasteiger partial charge in [0, 0.05) is 13.1 Å². The van der Waals surface area contributed by atoms with Gasteiger partial charge in [-0.05, 0) is 31.9 Å². The Morgan fingerprint density at radius 1 is 1.18 bits per heavy atom. The van der Waals surface area contributed by atoms with Crippen LogP contribution in [0.1, 0.15) is 30.0 Å². The van der Waals surface area contributed by atoms with Gasteiger partial charge in [0.05, 0.1) is 13.0 Å². The van der Waals surface area contributed by atoms with Crippen LogP contribution in [0.4, 0.5) is 13.2 Å². The number of rotatable bonds is 5. The van der Waals surface area contributed by atoms with Gasteiger partial charge in [-0.1, -0.05) is 23.8 Å². The Morgan fingerprint density at radius 3 is 2.41 bits per heavy atom. The molecule has 0 unspecified atom stereocenters. The average molecular weight is 429 g/mol. The smallest absolute Gasteiger partial charge is 0.357 e. The first-order valence-electron chi connectivity index (χ1n) is 6.97. The van der Waals surface area contributed by atoms with Crippen molar-refractivity contribution in [2.75, 3.05) is 13.1 Å². The molecular weight excluding hydrogens is 406 g/mol. The van der Waals surface area contributed by atoms with Crippen LogP contribution in [-0.2, 0) is 6.54 Å². The number of guanidine groups is 1. The maximum absolute atomic E-state index is 12.1. The van der Waals surface area contributed by atoms with Crippen molar-refractivity contribution < 1.29 is 13.2 Å². The maximum Gasteiger partial charge on any atom is 0.390 e. The number of aryl methyl sites for hydroxylation is 2. The molecule has 0 aromatic heterocycles. The number of halogens is 4. The van der Waals surface area contributed by atoms with Gasteiger partial charge in [0.15, 0.2) is 5.96 Å². The lowest BCUT2D eigenvalue weighted by Gasteiger charge is -2.13. The number of nitrogens with zero attached hydrogens (tertiary/aromatic N) is 1. The highest BCUT2D eigenvalue weighted by Crippen LogP contribution is 2.18. The Labute approximate surface area is 146 Å². The molecule has 126 valence electrons. The maximum atomic E-state index is 12.1. The molecular formula is C15H23F3IN3. The van der Waals surface area contributed by atoms with E-state index in [9.17, 15) is 13.2 Å². The van der Waals surface area contributed by atoms with Crippen LogP contribution in [0, 0.1) is 13.8 Å². The fourth-order valence-electron chi connectivity index (χ4n) is 1.85. The molecule has 0 aliphatic rings. The van der Waals surface area contributed by atoms with Crippen LogP contribution in [0.2, 0.25) is 0 Å². The Hall–Kier alpha value is -0.990. The summed E-state index contributed by atoms with van der Waals surface area (Å²) in [6.07, 6.45) is -5.03. The quantitative estimate of drug-likeness (QED) is 0.423. The van der Waals surface area contributed by atoms with E-state index in [1.807, 2.05) is 32.9 Å².